The number of anilines is 1. The van der Waals surface area contributed by atoms with Gasteiger partial charge in [0.15, 0.2) is 0 Å². The first kappa shape index (κ1) is 16.7. The molecular formula is C18H21N3O2S. The summed E-state index contributed by atoms with van der Waals surface area (Å²) in [5.74, 6) is 0.0169. The van der Waals surface area contributed by atoms with Crippen LogP contribution in [0.5, 0.6) is 0 Å². The molecule has 1 aromatic heterocycles. The van der Waals surface area contributed by atoms with Gasteiger partial charge in [-0.1, -0.05) is 12.1 Å². The fourth-order valence-electron chi connectivity index (χ4n) is 2.70. The normalized spacial score (nSPS) is 15.3. The van der Waals surface area contributed by atoms with Crippen molar-refractivity contribution in [2.24, 2.45) is 0 Å². The van der Waals surface area contributed by atoms with E-state index in [0.717, 1.165) is 37.4 Å². The number of hydrogen-bond donors (Lipinski definition) is 1. The summed E-state index contributed by atoms with van der Waals surface area (Å²) >= 11 is 1.49. The van der Waals surface area contributed by atoms with Gasteiger partial charge in [0.05, 0.1) is 12.0 Å². The Labute approximate surface area is 145 Å². The van der Waals surface area contributed by atoms with Crippen molar-refractivity contribution in [2.45, 2.75) is 6.42 Å². The fraction of sp³-hybridized carbons (Fsp3) is 0.333. The molecule has 2 aromatic rings. The first-order valence-electron chi connectivity index (χ1n) is 8.00. The van der Waals surface area contributed by atoms with E-state index in [1.807, 2.05) is 39.9 Å². The van der Waals surface area contributed by atoms with E-state index in [9.17, 15) is 9.59 Å². The molecule has 3 rings (SSSR count). The van der Waals surface area contributed by atoms with Crippen molar-refractivity contribution in [3.8, 4) is 0 Å². The molecule has 1 fully saturated rings. The van der Waals surface area contributed by atoms with E-state index in [2.05, 4.69) is 17.3 Å². The van der Waals surface area contributed by atoms with Gasteiger partial charge in [-0.3, -0.25) is 9.59 Å². The Hall–Kier alpha value is -2.18. The van der Waals surface area contributed by atoms with Crippen LogP contribution in [0.3, 0.4) is 0 Å². The highest BCUT2D eigenvalue weighted by Gasteiger charge is 2.19. The number of nitrogens with zero attached hydrogens (tertiary/aromatic N) is 2. The lowest BCUT2D eigenvalue weighted by Gasteiger charge is -2.32. The Kier molecular flexibility index (Phi) is 5.27. The average Bonchev–Trinajstić information content (AvgIpc) is 3.10. The number of hydrogen-bond acceptors (Lipinski definition) is 4. The monoisotopic (exact) mass is 343 g/mol. The zero-order valence-electron chi connectivity index (χ0n) is 13.7. The standard InChI is InChI=1S/C18H21N3O2S/c1-20-6-8-21(9-7-20)17(22)12-14-3-2-4-16(11-14)19-18(23)15-5-10-24-13-15/h2-5,10-11,13H,6-9,12H2,1H3,(H,19,23). The number of carbonyl (C=O) groups is 2. The van der Waals surface area contributed by atoms with Crippen molar-refractivity contribution in [2.75, 3.05) is 38.5 Å². The molecule has 0 atom stereocenters. The molecular weight excluding hydrogens is 322 g/mol. The highest BCUT2D eigenvalue weighted by molar-refractivity contribution is 7.08. The predicted octanol–water partition coefficient (Wildman–Crippen LogP) is 2.32. The predicted molar refractivity (Wildman–Crippen MR) is 96.5 cm³/mol. The van der Waals surface area contributed by atoms with E-state index in [1.54, 1.807) is 6.07 Å². The Balaban J connectivity index is 1.60. The maximum Gasteiger partial charge on any atom is 0.256 e. The first-order valence-corrected chi connectivity index (χ1v) is 8.95. The van der Waals surface area contributed by atoms with Crippen LogP contribution in [0.2, 0.25) is 0 Å². The first-order chi connectivity index (χ1) is 11.6. The third-order valence-corrected chi connectivity index (χ3v) is 4.86. The quantitative estimate of drug-likeness (QED) is 0.927. The second-order valence-electron chi connectivity index (χ2n) is 6.03. The summed E-state index contributed by atoms with van der Waals surface area (Å²) in [4.78, 5) is 28.7. The average molecular weight is 343 g/mol. The summed E-state index contributed by atoms with van der Waals surface area (Å²) in [5.41, 5.74) is 2.29. The van der Waals surface area contributed by atoms with E-state index < -0.39 is 0 Å². The molecule has 0 aliphatic carbocycles. The molecule has 0 bridgehead atoms. The lowest BCUT2D eigenvalue weighted by molar-refractivity contribution is -0.132. The van der Waals surface area contributed by atoms with Crippen molar-refractivity contribution in [3.63, 3.8) is 0 Å². The Morgan fingerprint density at radius 3 is 2.67 bits per heavy atom. The van der Waals surface area contributed by atoms with Gasteiger partial charge in [-0.15, -0.1) is 0 Å². The lowest BCUT2D eigenvalue weighted by Crippen LogP contribution is -2.47. The Morgan fingerprint density at radius 1 is 1.17 bits per heavy atom. The molecule has 126 valence electrons. The number of benzene rings is 1. The molecule has 1 aliphatic rings. The molecule has 0 radical (unpaired) electrons. The smallest absolute Gasteiger partial charge is 0.256 e. The third-order valence-electron chi connectivity index (χ3n) is 4.18. The van der Waals surface area contributed by atoms with Crippen LogP contribution in [-0.2, 0) is 11.2 Å². The maximum absolute atomic E-state index is 12.4. The minimum atomic E-state index is -0.126. The molecule has 0 unspecified atom stereocenters. The van der Waals surface area contributed by atoms with E-state index in [-0.39, 0.29) is 11.8 Å². The van der Waals surface area contributed by atoms with Gasteiger partial charge in [0.2, 0.25) is 5.91 Å². The van der Waals surface area contributed by atoms with Crippen LogP contribution >= 0.6 is 11.3 Å². The van der Waals surface area contributed by atoms with Crippen molar-refractivity contribution < 1.29 is 9.59 Å². The van der Waals surface area contributed by atoms with Gasteiger partial charge in [0.1, 0.15) is 0 Å². The van der Waals surface area contributed by atoms with Gasteiger partial charge in [0, 0.05) is 37.2 Å². The Bertz CT molecular complexity index is 707. The SMILES string of the molecule is CN1CCN(C(=O)Cc2cccc(NC(=O)c3ccsc3)c2)CC1. The maximum atomic E-state index is 12.4. The minimum Gasteiger partial charge on any atom is -0.340 e. The van der Waals surface area contributed by atoms with Crippen LogP contribution in [0.4, 0.5) is 5.69 Å². The molecule has 0 spiro atoms. The number of nitrogens with one attached hydrogen (secondary N) is 1. The largest absolute Gasteiger partial charge is 0.340 e. The molecule has 1 aliphatic heterocycles. The van der Waals surface area contributed by atoms with E-state index in [0.29, 0.717) is 12.0 Å². The minimum absolute atomic E-state index is 0.126. The van der Waals surface area contributed by atoms with Crippen LogP contribution < -0.4 is 5.32 Å². The third kappa shape index (κ3) is 4.21. The summed E-state index contributed by atoms with van der Waals surface area (Å²) in [6.07, 6.45) is 0.367. The van der Waals surface area contributed by atoms with Gasteiger partial charge in [0.25, 0.3) is 5.91 Å². The van der Waals surface area contributed by atoms with Crippen LogP contribution in [0.1, 0.15) is 15.9 Å². The fourth-order valence-corrected chi connectivity index (χ4v) is 3.33. The molecule has 0 saturated carbocycles. The summed E-state index contributed by atoms with van der Waals surface area (Å²) in [5, 5.41) is 6.57. The van der Waals surface area contributed by atoms with Gasteiger partial charge in [-0.2, -0.15) is 11.3 Å². The zero-order chi connectivity index (χ0) is 16.9. The highest BCUT2D eigenvalue weighted by atomic mass is 32.1. The van der Waals surface area contributed by atoms with Gasteiger partial charge < -0.3 is 15.1 Å². The number of rotatable bonds is 4. The van der Waals surface area contributed by atoms with E-state index in [4.69, 9.17) is 0 Å². The number of amides is 2. The van der Waals surface area contributed by atoms with Crippen molar-refractivity contribution in [3.05, 3.63) is 52.2 Å². The van der Waals surface area contributed by atoms with Crippen LogP contribution in [0.15, 0.2) is 41.1 Å². The molecule has 1 N–H and O–H groups in total. The van der Waals surface area contributed by atoms with E-state index in [1.165, 1.54) is 11.3 Å². The molecule has 2 heterocycles. The molecule has 5 nitrogen and oxygen atoms in total. The van der Waals surface area contributed by atoms with Gasteiger partial charge >= 0.3 is 0 Å². The summed E-state index contributed by atoms with van der Waals surface area (Å²) in [7, 11) is 2.07. The zero-order valence-corrected chi connectivity index (χ0v) is 14.5. The molecule has 6 heteroatoms. The van der Waals surface area contributed by atoms with Crippen molar-refractivity contribution >= 4 is 28.8 Å². The van der Waals surface area contributed by atoms with Crippen molar-refractivity contribution in [1.29, 1.82) is 0 Å². The second kappa shape index (κ2) is 7.59. The Morgan fingerprint density at radius 2 is 1.96 bits per heavy atom. The highest BCUT2D eigenvalue weighted by Crippen LogP contribution is 2.15. The molecule has 1 aromatic carbocycles. The summed E-state index contributed by atoms with van der Waals surface area (Å²) in [6, 6.07) is 9.30. The second-order valence-corrected chi connectivity index (χ2v) is 6.81. The summed E-state index contributed by atoms with van der Waals surface area (Å²) < 4.78 is 0. The number of piperazine rings is 1. The number of thiophene rings is 1. The lowest BCUT2D eigenvalue weighted by atomic mass is 10.1. The molecule has 1 saturated heterocycles. The topological polar surface area (TPSA) is 52.6 Å². The van der Waals surface area contributed by atoms with Gasteiger partial charge in [-0.25, -0.2) is 0 Å². The van der Waals surface area contributed by atoms with Crippen molar-refractivity contribution in [1.82, 2.24) is 9.80 Å². The number of likely N-dealkylation sites (N-methyl/N-ethyl adjacent to an activating group) is 1. The van der Waals surface area contributed by atoms with Crippen LogP contribution in [0.25, 0.3) is 0 Å². The van der Waals surface area contributed by atoms with Crippen LogP contribution in [0, 0.1) is 0 Å². The van der Waals surface area contributed by atoms with Crippen LogP contribution in [-0.4, -0.2) is 54.8 Å². The van der Waals surface area contributed by atoms with Gasteiger partial charge in [-0.05, 0) is 36.2 Å². The summed E-state index contributed by atoms with van der Waals surface area (Å²) in [6.45, 7) is 3.40. The molecule has 2 amide bonds. The number of carbonyl (C=O) groups excluding carboxylic acids is 2. The van der Waals surface area contributed by atoms with E-state index >= 15 is 0 Å². The molecule has 24 heavy (non-hydrogen) atoms.